The maximum Gasteiger partial charge on any atom is 0.242 e. The number of aromatic nitrogens is 3. The Labute approximate surface area is 182 Å². The van der Waals surface area contributed by atoms with Crippen LogP contribution in [0.3, 0.4) is 0 Å². The molecule has 166 valence electrons. The molecular formula is C16H15Cl3F5N5O. The van der Waals surface area contributed by atoms with Crippen molar-refractivity contribution in [1.82, 2.24) is 15.0 Å². The number of anilines is 3. The van der Waals surface area contributed by atoms with Gasteiger partial charge in [0.05, 0.1) is 4.87 Å². The summed E-state index contributed by atoms with van der Waals surface area (Å²) in [6.45, 7) is 6.10. The summed E-state index contributed by atoms with van der Waals surface area (Å²) in [6.07, 6.45) is 0. The molecule has 0 saturated carbocycles. The highest BCUT2D eigenvalue weighted by atomic mass is 35.5. The van der Waals surface area contributed by atoms with Gasteiger partial charge in [-0.2, -0.15) is 15.0 Å². The number of carbonyl (C=O) groups is 1. The van der Waals surface area contributed by atoms with E-state index in [2.05, 4.69) is 15.0 Å². The van der Waals surface area contributed by atoms with Gasteiger partial charge in [0.1, 0.15) is 10.6 Å². The Bertz CT molecular complexity index is 935. The molecule has 0 unspecified atom stereocenters. The molecular weight excluding hydrogens is 480 g/mol. The SMILES string of the molecule is CC(C)(Cl)C(=O)Cl.CC(C)(Cl)c1nc(N)nc(Nc2c(F)c(F)c(F)c(F)c2F)n1. The van der Waals surface area contributed by atoms with Gasteiger partial charge in [-0.3, -0.25) is 4.79 Å². The molecule has 1 aromatic heterocycles. The summed E-state index contributed by atoms with van der Waals surface area (Å²) in [5.74, 6) is -11.5. The molecule has 0 aliphatic rings. The van der Waals surface area contributed by atoms with Gasteiger partial charge in [0.25, 0.3) is 0 Å². The van der Waals surface area contributed by atoms with Crippen LogP contribution in [0.4, 0.5) is 39.5 Å². The number of hydrogen-bond acceptors (Lipinski definition) is 6. The van der Waals surface area contributed by atoms with Crippen LogP contribution >= 0.6 is 34.8 Å². The van der Waals surface area contributed by atoms with Gasteiger partial charge in [0.15, 0.2) is 29.1 Å². The van der Waals surface area contributed by atoms with Crippen molar-refractivity contribution in [2.45, 2.75) is 37.4 Å². The van der Waals surface area contributed by atoms with Crippen LogP contribution in [-0.4, -0.2) is 25.1 Å². The van der Waals surface area contributed by atoms with Crippen LogP contribution < -0.4 is 11.1 Å². The molecule has 0 aliphatic heterocycles. The van der Waals surface area contributed by atoms with E-state index in [9.17, 15) is 26.7 Å². The lowest BCUT2D eigenvalue weighted by Crippen LogP contribution is -2.18. The van der Waals surface area contributed by atoms with Gasteiger partial charge in [-0.1, -0.05) is 0 Å². The number of alkyl halides is 2. The van der Waals surface area contributed by atoms with Crippen molar-refractivity contribution < 1.29 is 26.7 Å². The minimum absolute atomic E-state index is 0.0574. The molecule has 0 bridgehead atoms. The van der Waals surface area contributed by atoms with Crippen molar-refractivity contribution in [2.24, 2.45) is 0 Å². The van der Waals surface area contributed by atoms with Crippen molar-refractivity contribution in [3.63, 3.8) is 0 Å². The first-order valence-electron chi connectivity index (χ1n) is 7.85. The number of nitrogens with zero attached hydrogens (tertiary/aromatic N) is 3. The second-order valence-corrected chi connectivity index (χ2v) is 8.86. The summed E-state index contributed by atoms with van der Waals surface area (Å²) in [4.78, 5) is 19.1. The van der Waals surface area contributed by atoms with E-state index in [0.29, 0.717) is 0 Å². The van der Waals surface area contributed by atoms with Crippen molar-refractivity contribution in [1.29, 1.82) is 0 Å². The van der Waals surface area contributed by atoms with Gasteiger partial charge in [-0.15, -0.1) is 23.2 Å². The summed E-state index contributed by atoms with van der Waals surface area (Å²) in [7, 11) is 0. The third-order valence-electron chi connectivity index (χ3n) is 3.10. The zero-order chi connectivity index (χ0) is 23.6. The number of rotatable bonds is 4. The Morgan fingerprint density at radius 3 is 1.63 bits per heavy atom. The molecule has 0 spiro atoms. The van der Waals surface area contributed by atoms with Crippen molar-refractivity contribution in [3.8, 4) is 0 Å². The number of halogens is 8. The second kappa shape index (κ2) is 9.44. The number of nitrogens with two attached hydrogens (primary N) is 1. The molecule has 6 nitrogen and oxygen atoms in total. The summed E-state index contributed by atoms with van der Waals surface area (Å²) in [5.41, 5.74) is 4.10. The first-order chi connectivity index (χ1) is 13.5. The molecule has 14 heteroatoms. The van der Waals surface area contributed by atoms with E-state index in [0.717, 1.165) is 0 Å². The van der Waals surface area contributed by atoms with E-state index in [4.69, 9.17) is 40.5 Å². The predicted molar refractivity (Wildman–Crippen MR) is 103 cm³/mol. The molecule has 0 amide bonds. The fraction of sp³-hybridized carbons (Fsp3) is 0.375. The first kappa shape index (κ1) is 26.1. The van der Waals surface area contributed by atoms with Crippen LogP contribution in [0.25, 0.3) is 0 Å². The van der Waals surface area contributed by atoms with Crippen LogP contribution in [0.15, 0.2) is 0 Å². The number of carbonyl (C=O) groups excluding carboxylic acids is 1. The maximum atomic E-state index is 13.6. The molecule has 2 aromatic rings. The first-order valence-corrected chi connectivity index (χ1v) is 8.98. The standard InChI is InChI=1S/C12H9ClF5N5.C4H6Cl2O/c1-12(2,13)9-21-10(19)23-11(22-9)20-8-6(17)4(15)3(14)5(16)7(8)18;1-4(2,6)3(5)7/h1-2H3,(H3,19,20,21,22,23);1-2H3. The smallest absolute Gasteiger partial charge is 0.242 e. The average Bonchev–Trinajstić information content (AvgIpc) is 2.60. The molecule has 0 atom stereocenters. The Hall–Kier alpha value is -1.98. The summed E-state index contributed by atoms with van der Waals surface area (Å²) < 4.78 is 66.5. The van der Waals surface area contributed by atoms with Gasteiger partial charge >= 0.3 is 0 Å². The van der Waals surface area contributed by atoms with E-state index in [1.165, 1.54) is 13.8 Å². The summed E-state index contributed by atoms with van der Waals surface area (Å²) in [6, 6.07) is 0. The minimum Gasteiger partial charge on any atom is -0.368 e. The van der Waals surface area contributed by atoms with Gasteiger partial charge in [-0.05, 0) is 39.3 Å². The molecule has 1 aromatic carbocycles. The quantitative estimate of drug-likeness (QED) is 0.201. The van der Waals surface area contributed by atoms with Crippen LogP contribution in [0.5, 0.6) is 0 Å². The number of hydrogen-bond donors (Lipinski definition) is 2. The lowest BCUT2D eigenvalue weighted by atomic mass is 10.2. The Kier molecular flexibility index (Phi) is 8.20. The topological polar surface area (TPSA) is 93.8 Å². The lowest BCUT2D eigenvalue weighted by molar-refractivity contribution is -0.113. The second-order valence-electron chi connectivity index (χ2n) is 6.63. The normalized spacial score (nSPS) is 11.6. The van der Waals surface area contributed by atoms with E-state index in [1.54, 1.807) is 13.8 Å². The van der Waals surface area contributed by atoms with Gasteiger partial charge in [-0.25, -0.2) is 22.0 Å². The molecule has 30 heavy (non-hydrogen) atoms. The van der Waals surface area contributed by atoms with Crippen LogP contribution in [-0.2, 0) is 9.67 Å². The number of benzene rings is 1. The van der Waals surface area contributed by atoms with Gasteiger partial charge < -0.3 is 11.1 Å². The fourth-order valence-corrected chi connectivity index (χ4v) is 1.63. The zero-order valence-corrected chi connectivity index (χ0v) is 18.1. The molecule has 0 radical (unpaired) electrons. The van der Waals surface area contributed by atoms with E-state index >= 15 is 0 Å². The highest BCUT2D eigenvalue weighted by molar-refractivity contribution is 6.70. The van der Waals surface area contributed by atoms with E-state index in [1.807, 2.05) is 5.32 Å². The number of nitrogens with one attached hydrogen (secondary N) is 1. The fourth-order valence-electron chi connectivity index (χ4n) is 1.54. The lowest BCUT2D eigenvalue weighted by Gasteiger charge is -2.15. The minimum atomic E-state index is -2.27. The van der Waals surface area contributed by atoms with Crippen molar-refractivity contribution in [3.05, 3.63) is 34.9 Å². The zero-order valence-electron chi connectivity index (χ0n) is 15.9. The van der Waals surface area contributed by atoms with Crippen molar-refractivity contribution >= 4 is 57.6 Å². The maximum absolute atomic E-state index is 13.6. The Morgan fingerprint density at radius 2 is 1.27 bits per heavy atom. The van der Waals surface area contributed by atoms with Crippen LogP contribution in [0.1, 0.15) is 33.5 Å². The molecule has 0 fully saturated rings. The predicted octanol–water partition coefficient (Wildman–Crippen LogP) is 5.14. The third kappa shape index (κ3) is 6.51. The molecule has 0 saturated heterocycles. The molecule has 2 rings (SSSR count). The molecule has 1 heterocycles. The summed E-state index contributed by atoms with van der Waals surface area (Å²) in [5, 5.41) is 1.39. The largest absolute Gasteiger partial charge is 0.368 e. The highest BCUT2D eigenvalue weighted by Gasteiger charge is 2.27. The Balaban J connectivity index is 0.000000553. The van der Waals surface area contributed by atoms with Gasteiger partial charge in [0.2, 0.25) is 23.0 Å². The number of nitrogen functional groups attached to an aromatic ring is 1. The van der Waals surface area contributed by atoms with E-state index in [-0.39, 0.29) is 11.8 Å². The van der Waals surface area contributed by atoms with Crippen LogP contribution in [0.2, 0.25) is 0 Å². The molecule has 3 N–H and O–H groups in total. The Morgan fingerprint density at radius 1 is 0.867 bits per heavy atom. The monoisotopic (exact) mass is 493 g/mol. The van der Waals surface area contributed by atoms with E-state index < -0.39 is 55.7 Å². The van der Waals surface area contributed by atoms with Gasteiger partial charge in [0, 0.05) is 0 Å². The summed E-state index contributed by atoms with van der Waals surface area (Å²) >= 11 is 16.4. The highest BCUT2D eigenvalue weighted by Crippen LogP contribution is 2.30. The molecule has 0 aliphatic carbocycles. The average molecular weight is 495 g/mol. The van der Waals surface area contributed by atoms with Crippen LogP contribution in [0, 0.1) is 29.1 Å². The van der Waals surface area contributed by atoms with Crippen molar-refractivity contribution in [2.75, 3.05) is 11.1 Å². The third-order valence-corrected chi connectivity index (χ3v) is 4.01.